The van der Waals surface area contributed by atoms with Crippen LogP contribution in [0.2, 0.25) is 0 Å². The fourth-order valence-corrected chi connectivity index (χ4v) is 2.45. The van der Waals surface area contributed by atoms with Crippen molar-refractivity contribution in [2.24, 2.45) is 0 Å². The lowest BCUT2D eigenvalue weighted by atomic mass is 10.2. The monoisotopic (exact) mass is 376 g/mol. The molecular formula is C15H12N4O4S2. The number of nitrogens with zero attached hydrogens (tertiary/aromatic N) is 1. The maximum Gasteiger partial charge on any atom is 0.279 e. The molecule has 128 valence electrons. The molecule has 3 N–H and O–H groups in total. The third-order valence-corrected chi connectivity index (χ3v) is 3.85. The van der Waals surface area contributed by atoms with E-state index in [1.54, 1.807) is 23.6 Å². The van der Waals surface area contributed by atoms with Crippen LogP contribution in [0.4, 0.5) is 5.69 Å². The number of nitro benzene ring substituents is 1. The normalized spacial score (nSPS) is 10.2. The SMILES string of the molecule is O=C(C=Cc1cccc([N+](=O)[O-])c1)NC(=S)NNC(=O)c1cccs1. The van der Waals surface area contributed by atoms with Crippen LogP contribution in [0.5, 0.6) is 0 Å². The van der Waals surface area contributed by atoms with E-state index in [0.717, 1.165) is 0 Å². The molecule has 0 atom stereocenters. The van der Waals surface area contributed by atoms with Gasteiger partial charge in [-0.3, -0.25) is 35.9 Å². The van der Waals surface area contributed by atoms with Crippen LogP contribution in [0.15, 0.2) is 47.9 Å². The highest BCUT2D eigenvalue weighted by atomic mass is 32.1. The number of amides is 2. The standard InChI is InChI=1S/C15H12N4O4S2/c20-13(7-6-10-3-1-4-11(9-10)19(22)23)16-15(24)18-17-14(21)12-5-2-8-25-12/h1-9H,(H,17,21)(H2,16,18,20,24). The maximum absolute atomic E-state index is 11.7. The number of hydrogen-bond acceptors (Lipinski definition) is 6. The van der Waals surface area contributed by atoms with Crippen molar-refractivity contribution in [2.45, 2.75) is 0 Å². The van der Waals surface area contributed by atoms with E-state index in [0.29, 0.717) is 10.4 Å². The highest BCUT2D eigenvalue weighted by Gasteiger charge is 2.07. The van der Waals surface area contributed by atoms with E-state index < -0.39 is 10.8 Å². The molecule has 1 aromatic heterocycles. The van der Waals surface area contributed by atoms with Crippen LogP contribution < -0.4 is 16.2 Å². The number of nitro groups is 1. The zero-order valence-electron chi connectivity index (χ0n) is 12.6. The van der Waals surface area contributed by atoms with Crippen molar-refractivity contribution in [2.75, 3.05) is 0 Å². The number of thiophene rings is 1. The Hall–Kier alpha value is -3.11. The van der Waals surface area contributed by atoms with Gasteiger partial charge < -0.3 is 0 Å². The lowest BCUT2D eigenvalue weighted by Crippen LogP contribution is -2.48. The summed E-state index contributed by atoms with van der Waals surface area (Å²) in [5, 5.41) is 14.7. The molecule has 0 aliphatic rings. The van der Waals surface area contributed by atoms with Crippen LogP contribution in [0.1, 0.15) is 15.2 Å². The van der Waals surface area contributed by atoms with E-state index in [1.165, 1.54) is 41.7 Å². The number of rotatable bonds is 4. The summed E-state index contributed by atoms with van der Waals surface area (Å²) in [6.45, 7) is 0. The van der Waals surface area contributed by atoms with Gasteiger partial charge in [-0.2, -0.15) is 0 Å². The second-order valence-corrected chi connectivity index (χ2v) is 5.92. The van der Waals surface area contributed by atoms with E-state index in [4.69, 9.17) is 12.2 Å². The molecule has 25 heavy (non-hydrogen) atoms. The summed E-state index contributed by atoms with van der Waals surface area (Å²) in [7, 11) is 0. The molecule has 1 aromatic carbocycles. The van der Waals surface area contributed by atoms with Crippen molar-refractivity contribution in [3.8, 4) is 0 Å². The van der Waals surface area contributed by atoms with Gasteiger partial charge in [0.05, 0.1) is 9.80 Å². The molecule has 1 heterocycles. The summed E-state index contributed by atoms with van der Waals surface area (Å²) >= 11 is 6.15. The fourth-order valence-electron chi connectivity index (χ4n) is 1.68. The van der Waals surface area contributed by atoms with Crippen LogP contribution >= 0.6 is 23.6 Å². The van der Waals surface area contributed by atoms with Crippen LogP contribution in [0.3, 0.4) is 0 Å². The van der Waals surface area contributed by atoms with Gasteiger partial charge in [0.15, 0.2) is 5.11 Å². The number of non-ortho nitro benzene ring substituents is 1. The van der Waals surface area contributed by atoms with Crippen molar-refractivity contribution in [3.63, 3.8) is 0 Å². The minimum Gasteiger partial charge on any atom is -0.298 e. The van der Waals surface area contributed by atoms with Crippen molar-refractivity contribution in [1.82, 2.24) is 16.2 Å². The minimum absolute atomic E-state index is 0.0731. The maximum atomic E-state index is 11.7. The van der Waals surface area contributed by atoms with E-state index >= 15 is 0 Å². The largest absolute Gasteiger partial charge is 0.298 e. The molecule has 2 amide bonds. The number of carbonyl (C=O) groups is 2. The van der Waals surface area contributed by atoms with Crippen LogP contribution in [0.25, 0.3) is 6.08 Å². The van der Waals surface area contributed by atoms with E-state index in [1.807, 2.05) is 0 Å². The van der Waals surface area contributed by atoms with Crippen molar-refractivity contribution in [3.05, 3.63) is 68.4 Å². The van der Waals surface area contributed by atoms with Gasteiger partial charge in [0.2, 0.25) is 5.91 Å². The van der Waals surface area contributed by atoms with Gasteiger partial charge >= 0.3 is 0 Å². The number of hydrazine groups is 1. The average molecular weight is 376 g/mol. The Morgan fingerprint density at radius 3 is 2.68 bits per heavy atom. The first-order valence-corrected chi connectivity index (χ1v) is 8.12. The summed E-state index contributed by atoms with van der Waals surface area (Å²) in [4.78, 5) is 34.1. The van der Waals surface area contributed by atoms with E-state index in [-0.39, 0.29) is 16.7 Å². The predicted molar refractivity (Wildman–Crippen MR) is 97.8 cm³/mol. The highest BCUT2D eigenvalue weighted by molar-refractivity contribution is 7.80. The Balaban J connectivity index is 1.83. The smallest absolute Gasteiger partial charge is 0.279 e. The van der Waals surface area contributed by atoms with Gasteiger partial charge in [0.25, 0.3) is 11.6 Å². The van der Waals surface area contributed by atoms with Gasteiger partial charge in [0, 0.05) is 18.2 Å². The lowest BCUT2D eigenvalue weighted by molar-refractivity contribution is -0.384. The number of hydrogen-bond donors (Lipinski definition) is 3. The molecular weight excluding hydrogens is 364 g/mol. The predicted octanol–water partition coefficient (Wildman–Crippen LogP) is 2.01. The Labute approximate surface area is 151 Å². The third kappa shape index (κ3) is 5.79. The first kappa shape index (κ1) is 18.2. The molecule has 0 spiro atoms. The summed E-state index contributed by atoms with van der Waals surface area (Å²) in [5.74, 6) is -0.923. The van der Waals surface area contributed by atoms with Crippen LogP contribution in [-0.2, 0) is 4.79 Å². The van der Waals surface area contributed by atoms with E-state index in [2.05, 4.69) is 16.2 Å². The second kappa shape index (κ2) is 8.66. The molecule has 0 fully saturated rings. The quantitative estimate of drug-likeness (QED) is 0.326. The molecule has 2 aromatic rings. The van der Waals surface area contributed by atoms with Gasteiger partial charge in [-0.1, -0.05) is 18.2 Å². The Bertz CT molecular complexity index is 834. The van der Waals surface area contributed by atoms with Crippen molar-refractivity contribution in [1.29, 1.82) is 0 Å². The van der Waals surface area contributed by atoms with Crippen LogP contribution in [-0.4, -0.2) is 21.9 Å². The molecule has 0 bridgehead atoms. The molecule has 8 nitrogen and oxygen atoms in total. The summed E-state index contributed by atoms with van der Waals surface area (Å²) in [6, 6.07) is 9.20. The zero-order chi connectivity index (χ0) is 18.2. The Kier molecular flexibility index (Phi) is 6.32. The third-order valence-electron chi connectivity index (χ3n) is 2.78. The minimum atomic E-state index is -0.547. The van der Waals surface area contributed by atoms with Gasteiger partial charge in [0.1, 0.15) is 0 Å². The van der Waals surface area contributed by atoms with Gasteiger partial charge in [-0.15, -0.1) is 11.3 Å². The first-order valence-electron chi connectivity index (χ1n) is 6.83. The fraction of sp³-hybridized carbons (Fsp3) is 0. The molecule has 0 unspecified atom stereocenters. The highest BCUT2D eigenvalue weighted by Crippen LogP contribution is 2.14. The summed E-state index contributed by atoms with van der Waals surface area (Å²) in [6.07, 6.45) is 2.59. The lowest BCUT2D eigenvalue weighted by Gasteiger charge is -2.08. The topological polar surface area (TPSA) is 113 Å². The molecule has 0 saturated heterocycles. The summed E-state index contributed by atoms with van der Waals surface area (Å²) < 4.78 is 0. The molecule has 0 aliphatic heterocycles. The molecule has 0 radical (unpaired) electrons. The average Bonchev–Trinajstić information content (AvgIpc) is 3.13. The molecule has 2 rings (SSSR count). The zero-order valence-corrected chi connectivity index (χ0v) is 14.2. The summed E-state index contributed by atoms with van der Waals surface area (Å²) in [5.41, 5.74) is 5.18. The second-order valence-electron chi connectivity index (χ2n) is 4.56. The first-order chi connectivity index (χ1) is 12.0. The number of carbonyl (C=O) groups excluding carboxylic acids is 2. The number of thiocarbonyl (C=S) groups is 1. The number of nitrogens with one attached hydrogen (secondary N) is 3. The van der Waals surface area contributed by atoms with E-state index in [9.17, 15) is 19.7 Å². The molecule has 10 heteroatoms. The van der Waals surface area contributed by atoms with Gasteiger partial charge in [-0.05, 0) is 35.3 Å². The number of benzene rings is 1. The molecule has 0 saturated carbocycles. The van der Waals surface area contributed by atoms with Gasteiger partial charge in [-0.25, -0.2) is 0 Å². The van der Waals surface area contributed by atoms with Crippen molar-refractivity contribution < 1.29 is 14.5 Å². The Morgan fingerprint density at radius 2 is 2.00 bits per heavy atom. The van der Waals surface area contributed by atoms with Crippen LogP contribution in [0, 0.1) is 10.1 Å². The van der Waals surface area contributed by atoms with Crippen molar-refractivity contribution >= 4 is 52.2 Å². The Morgan fingerprint density at radius 1 is 1.20 bits per heavy atom. The molecule has 0 aliphatic carbocycles.